The number of hydrogen-bond donors (Lipinski definition) is 1. The van der Waals surface area contributed by atoms with Gasteiger partial charge in [0.2, 0.25) is 0 Å². The maximum Gasteiger partial charge on any atom is 0.302 e. The van der Waals surface area contributed by atoms with Crippen LogP contribution in [-0.4, -0.2) is 23.3 Å². The number of ether oxygens (including phenoxy) is 1. The van der Waals surface area contributed by atoms with Gasteiger partial charge in [-0.2, -0.15) is 0 Å². The lowest BCUT2D eigenvalue weighted by Crippen LogP contribution is -2.57. The number of fused-ring (bicyclic) bond motifs is 3. The first-order valence-electron chi connectivity index (χ1n) is 10.5. The molecule has 0 aliphatic heterocycles. The van der Waals surface area contributed by atoms with Crippen molar-refractivity contribution >= 4 is 5.97 Å². The summed E-state index contributed by atoms with van der Waals surface area (Å²) in [7, 11) is 0. The smallest absolute Gasteiger partial charge is 0.302 e. The zero-order chi connectivity index (χ0) is 18.1. The predicted octanol–water partition coefficient (Wildman–Crippen LogP) is 4.71. The van der Waals surface area contributed by atoms with E-state index in [9.17, 15) is 9.90 Å². The fourth-order valence-corrected chi connectivity index (χ4v) is 8.37. The summed E-state index contributed by atoms with van der Waals surface area (Å²) in [4.78, 5) is 11.4. The van der Waals surface area contributed by atoms with Crippen LogP contribution in [0.4, 0.5) is 0 Å². The lowest BCUT2D eigenvalue weighted by Gasteiger charge is -2.64. The number of carbonyl (C=O) groups is 1. The van der Waals surface area contributed by atoms with Crippen molar-refractivity contribution < 1.29 is 14.6 Å². The molecule has 4 rings (SSSR count). The second-order valence-corrected chi connectivity index (χ2v) is 10.8. The maximum atomic E-state index is 11.4. The highest BCUT2D eigenvalue weighted by molar-refractivity contribution is 5.65. The summed E-state index contributed by atoms with van der Waals surface area (Å²) in [6, 6.07) is 0. The first kappa shape index (κ1) is 17.8. The van der Waals surface area contributed by atoms with E-state index in [-0.39, 0.29) is 11.4 Å². The van der Waals surface area contributed by atoms with E-state index in [1.165, 1.54) is 58.3 Å². The van der Waals surface area contributed by atoms with Crippen molar-refractivity contribution in [3.63, 3.8) is 0 Å². The average molecular weight is 349 g/mol. The van der Waals surface area contributed by atoms with Gasteiger partial charge in [0.05, 0.1) is 12.2 Å². The number of rotatable bonds is 2. The summed E-state index contributed by atoms with van der Waals surface area (Å²) in [5, 5.41) is 11.0. The molecule has 0 aromatic carbocycles. The minimum atomic E-state index is -0.451. The lowest BCUT2D eigenvalue weighted by molar-refractivity contribution is -0.173. The number of carbonyl (C=O) groups excluding carboxylic acids is 1. The Morgan fingerprint density at radius 1 is 1.08 bits per heavy atom. The Bertz CT molecular complexity index is 570. The largest absolute Gasteiger partial charge is 0.465 e. The highest BCUT2D eigenvalue weighted by Crippen LogP contribution is 2.72. The molecule has 0 radical (unpaired) electrons. The Balaban J connectivity index is 1.64. The van der Waals surface area contributed by atoms with Gasteiger partial charge in [-0.15, -0.1) is 0 Å². The molecular weight excluding hydrogens is 312 g/mol. The van der Waals surface area contributed by atoms with Crippen LogP contribution in [0.25, 0.3) is 0 Å². The zero-order valence-corrected chi connectivity index (χ0v) is 16.6. The fraction of sp³-hybridized carbons (Fsp3) is 0.955. The normalized spacial score (nSPS) is 54.5. The summed E-state index contributed by atoms with van der Waals surface area (Å²) < 4.78 is 5.53. The summed E-state index contributed by atoms with van der Waals surface area (Å²) in [6.45, 7) is 9.12. The third-order valence-electron chi connectivity index (χ3n) is 9.22. The molecular formula is C22H36O3. The van der Waals surface area contributed by atoms with Crippen LogP contribution in [0.3, 0.4) is 0 Å². The Morgan fingerprint density at radius 2 is 1.84 bits per heavy atom. The average Bonchev–Trinajstić information content (AvgIpc) is 2.70. The molecule has 0 aromatic heterocycles. The maximum absolute atomic E-state index is 11.4. The first-order chi connectivity index (χ1) is 11.6. The van der Waals surface area contributed by atoms with E-state index < -0.39 is 5.60 Å². The van der Waals surface area contributed by atoms with Crippen molar-refractivity contribution in [3.05, 3.63) is 0 Å². The third kappa shape index (κ3) is 2.51. The van der Waals surface area contributed by atoms with E-state index in [4.69, 9.17) is 4.74 Å². The molecule has 4 aliphatic carbocycles. The molecule has 25 heavy (non-hydrogen) atoms. The van der Waals surface area contributed by atoms with Crippen LogP contribution in [-0.2, 0) is 9.53 Å². The Hall–Kier alpha value is -0.570. The van der Waals surface area contributed by atoms with E-state index in [1.807, 2.05) is 0 Å². The molecule has 3 heteroatoms. The Labute approximate surface area is 152 Å². The topological polar surface area (TPSA) is 46.5 Å². The second-order valence-electron chi connectivity index (χ2n) is 10.8. The van der Waals surface area contributed by atoms with Crippen LogP contribution in [0, 0.1) is 34.0 Å². The number of aliphatic hydroxyl groups is 1. The summed E-state index contributed by atoms with van der Waals surface area (Å²) in [6.07, 6.45) is 11.0. The van der Waals surface area contributed by atoms with Gasteiger partial charge in [0.25, 0.3) is 0 Å². The van der Waals surface area contributed by atoms with Gasteiger partial charge < -0.3 is 9.84 Å². The second kappa shape index (κ2) is 5.47. The minimum Gasteiger partial charge on any atom is -0.465 e. The molecule has 7 atom stereocenters. The molecule has 2 bridgehead atoms. The van der Waals surface area contributed by atoms with Crippen molar-refractivity contribution in [2.24, 2.45) is 34.0 Å². The van der Waals surface area contributed by atoms with Crippen LogP contribution >= 0.6 is 0 Å². The Morgan fingerprint density at radius 3 is 2.56 bits per heavy atom. The molecule has 0 heterocycles. The van der Waals surface area contributed by atoms with E-state index in [1.54, 1.807) is 0 Å². The fourth-order valence-electron chi connectivity index (χ4n) is 8.37. The SMILES string of the molecule is CC(=O)OC[C@]1(C)CCC[C@@]2(C)[C@H]1CC[C@]13C[C@H](CC[C@@H]12)[C@@](C)(O)C3. The molecule has 3 nitrogen and oxygen atoms in total. The van der Waals surface area contributed by atoms with Gasteiger partial charge in [-0.25, -0.2) is 0 Å². The monoisotopic (exact) mass is 348 g/mol. The van der Waals surface area contributed by atoms with Crippen LogP contribution in [0.5, 0.6) is 0 Å². The standard InChI is InChI=1S/C22H36O3/c1-15(23)25-14-19(2)9-5-10-20(3)17(19)8-11-22-12-16(6-7-18(20)22)21(4,24)13-22/h16-18,24H,5-14H2,1-4H3/t16-,17-,18+,19-,20-,21-,22+/m0/s1. The molecule has 0 amide bonds. The molecule has 0 aromatic rings. The van der Waals surface area contributed by atoms with Crippen molar-refractivity contribution in [2.45, 2.75) is 91.1 Å². The Kier molecular flexibility index (Phi) is 3.90. The third-order valence-corrected chi connectivity index (χ3v) is 9.22. The van der Waals surface area contributed by atoms with E-state index in [0.717, 1.165) is 12.3 Å². The van der Waals surface area contributed by atoms with Crippen LogP contribution < -0.4 is 0 Å². The molecule has 142 valence electrons. The van der Waals surface area contributed by atoms with Crippen LogP contribution in [0.2, 0.25) is 0 Å². The first-order valence-corrected chi connectivity index (χ1v) is 10.5. The van der Waals surface area contributed by atoms with Crippen molar-refractivity contribution in [1.29, 1.82) is 0 Å². The zero-order valence-electron chi connectivity index (χ0n) is 16.6. The highest BCUT2D eigenvalue weighted by atomic mass is 16.5. The molecule has 0 unspecified atom stereocenters. The van der Waals surface area contributed by atoms with Gasteiger partial charge in [0.15, 0.2) is 0 Å². The summed E-state index contributed by atoms with van der Waals surface area (Å²) >= 11 is 0. The summed E-state index contributed by atoms with van der Waals surface area (Å²) in [5.74, 6) is 1.75. The van der Waals surface area contributed by atoms with Gasteiger partial charge in [-0.1, -0.05) is 20.3 Å². The van der Waals surface area contributed by atoms with Crippen LogP contribution in [0.15, 0.2) is 0 Å². The molecule has 1 spiro atoms. The van der Waals surface area contributed by atoms with Crippen molar-refractivity contribution in [1.82, 2.24) is 0 Å². The minimum absolute atomic E-state index is 0.123. The molecule has 4 saturated carbocycles. The molecule has 4 fully saturated rings. The summed E-state index contributed by atoms with van der Waals surface area (Å²) in [5.41, 5.74) is 0.389. The van der Waals surface area contributed by atoms with Gasteiger partial charge in [-0.05, 0) is 86.9 Å². The molecule has 1 N–H and O–H groups in total. The van der Waals surface area contributed by atoms with Crippen LogP contribution in [0.1, 0.15) is 85.5 Å². The van der Waals surface area contributed by atoms with Crippen molar-refractivity contribution in [2.75, 3.05) is 6.61 Å². The van der Waals surface area contributed by atoms with Gasteiger partial charge in [0, 0.05) is 12.3 Å². The lowest BCUT2D eigenvalue weighted by atomic mass is 9.41. The van der Waals surface area contributed by atoms with Gasteiger partial charge in [-0.3, -0.25) is 4.79 Å². The molecule has 4 aliphatic rings. The van der Waals surface area contributed by atoms with Crippen molar-refractivity contribution in [3.8, 4) is 0 Å². The highest BCUT2D eigenvalue weighted by Gasteiger charge is 2.66. The van der Waals surface area contributed by atoms with E-state index in [2.05, 4.69) is 20.8 Å². The van der Waals surface area contributed by atoms with Gasteiger partial charge >= 0.3 is 5.97 Å². The molecule has 0 saturated heterocycles. The van der Waals surface area contributed by atoms with E-state index in [0.29, 0.717) is 29.3 Å². The van der Waals surface area contributed by atoms with Gasteiger partial charge in [0.1, 0.15) is 0 Å². The number of esters is 1. The predicted molar refractivity (Wildman–Crippen MR) is 97.9 cm³/mol. The quantitative estimate of drug-likeness (QED) is 0.735. The number of hydrogen-bond acceptors (Lipinski definition) is 3. The van der Waals surface area contributed by atoms with E-state index >= 15 is 0 Å².